The van der Waals surface area contributed by atoms with Crippen molar-refractivity contribution in [2.75, 3.05) is 41.4 Å². The summed E-state index contributed by atoms with van der Waals surface area (Å²) in [5.74, 6) is 1.99. The number of nitrogens with one attached hydrogen (secondary N) is 1. The number of aliphatic hydroxyl groups excluding tert-OH is 1. The molecule has 160 valence electrons. The molecule has 0 aromatic carbocycles. The Morgan fingerprint density at radius 1 is 1.13 bits per heavy atom. The minimum absolute atomic E-state index is 0.0415. The molecule has 0 saturated carbocycles. The Morgan fingerprint density at radius 2 is 2.00 bits per heavy atom. The van der Waals surface area contributed by atoms with Crippen LogP contribution in [-0.4, -0.2) is 58.2 Å². The molecule has 2 aromatic heterocycles. The van der Waals surface area contributed by atoms with Gasteiger partial charge < -0.3 is 20.2 Å². The molecule has 0 radical (unpaired) electrons. The summed E-state index contributed by atoms with van der Waals surface area (Å²) >= 11 is 5.86. The summed E-state index contributed by atoms with van der Waals surface area (Å²) in [5, 5.41) is 13.1. The molecule has 9 heteroatoms. The van der Waals surface area contributed by atoms with E-state index in [1.165, 1.54) is 6.20 Å². The summed E-state index contributed by atoms with van der Waals surface area (Å²) in [4.78, 5) is 30.1. The predicted molar refractivity (Wildman–Crippen MR) is 117 cm³/mol. The lowest BCUT2D eigenvalue weighted by atomic mass is 9.97. The van der Waals surface area contributed by atoms with Gasteiger partial charge in [0.15, 0.2) is 0 Å². The van der Waals surface area contributed by atoms with Gasteiger partial charge in [0.05, 0.1) is 23.6 Å². The van der Waals surface area contributed by atoms with Crippen LogP contribution in [0.5, 0.6) is 0 Å². The number of piperidine rings is 2. The molecule has 2 atom stereocenters. The Bertz CT molecular complexity index is 865. The van der Waals surface area contributed by atoms with E-state index in [1.807, 2.05) is 6.07 Å². The lowest BCUT2D eigenvalue weighted by Crippen LogP contribution is -2.43. The predicted octanol–water partition coefficient (Wildman–Crippen LogP) is 2.73. The summed E-state index contributed by atoms with van der Waals surface area (Å²) in [6, 6.07) is 5.50. The Balaban J connectivity index is 1.44. The minimum atomic E-state index is -0.144. The van der Waals surface area contributed by atoms with Crippen molar-refractivity contribution in [1.29, 1.82) is 0 Å². The van der Waals surface area contributed by atoms with E-state index in [-0.39, 0.29) is 24.5 Å². The van der Waals surface area contributed by atoms with Crippen LogP contribution in [0.4, 0.5) is 17.5 Å². The summed E-state index contributed by atoms with van der Waals surface area (Å²) in [5.41, 5.74) is 0. The summed E-state index contributed by atoms with van der Waals surface area (Å²) in [6.45, 7) is 2.47. The van der Waals surface area contributed by atoms with Crippen molar-refractivity contribution in [1.82, 2.24) is 15.0 Å². The molecule has 2 aliphatic rings. The molecule has 0 bridgehead atoms. The first-order valence-electron chi connectivity index (χ1n) is 10.5. The average molecular weight is 431 g/mol. The first-order valence-corrected chi connectivity index (χ1v) is 10.9. The van der Waals surface area contributed by atoms with Gasteiger partial charge in [-0.3, -0.25) is 4.79 Å². The summed E-state index contributed by atoms with van der Waals surface area (Å²) < 4.78 is 0. The number of carbonyl (C=O) groups is 1. The van der Waals surface area contributed by atoms with Crippen molar-refractivity contribution in [2.45, 2.75) is 38.1 Å². The fraction of sp³-hybridized carbons (Fsp3) is 0.524. The second-order valence-corrected chi connectivity index (χ2v) is 8.33. The van der Waals surface area contributed by atoms with Gasteiger partial charge in [0.2, 0.25) is 5.91 Å². The van der Waals surface area contributed by atoms with E-state index in [0.717, 1.165) is 56.8 Å². The van der Waals surface area contributed by atoms with Crippen LogP contribution in [0.15, 0.2) is 30.7 Å². The van der Waals surface area contributed by atoms with Crippen LogP contribution in [-0.2, 0) is 4.79 Å². The maximum atomic E-state index is 12.7. The Kier molecular flexibility index (Phi) is 6.64. The molecule has 2 saturated heterocycles. The van der Waals surface area contributed by atoms with E-state index in [0.29, 0.717) is 17.4 Å². The standard InChI is InChI=1S/C21H27ClN6O2/c22-16-6-7-18(23-11-16)26-21(30)15-4-3-8-27(12-15)19-10-20(25-14-24-19)28-9-2-1-5-17(28)13-29/h6-7,10-11,14-15,17,29H,1-5,8-9,12-13H2,(H,23,26,30). The lowest BCUT2D eigenvalue weighted by Gasteiger charge is -2.37. The molecule has 4 rings (SSSR count). The molecule has 30 heavy (non-hydrogen) atoms. The molecule has 4 heterocycles. The number of carbonyl (C=O) groups excluding carboxylic acids is 1. The van der Waals surface area contributed by atoms with E-state index in [2.05, 4.69) is 30.1 Å². The second-order valence-electron chi connectivity index (χ2n) is 7.90. The quantitative estimate of drug-likeness (QED) is 0.753. The van der Waals surface area contributed by atoms with Gasteiger partial charge in [-0.25, -0.2) is 15.0 Å². The van der Waals surface area contributed by atoms with Gasteiger partial charge in [-0.15, -0.1) is 0 Å². The van der Waals surface area contributed by atoms with Crippen LogP contribution in [0.1, 0.15) is 32.1 Å². The van der Waals surface area contributed by atoms with Gasteiger partial charge >= 0.3 is 0 Å². The van der Waals surface area contributed by atoms with Crippen LogP contribution < -0.4 is 15.1 Å². The summed E-state index contributed by atoms with van der Waals surface area (Å²) in [6.07, 6.45) is 8.04. The van der Waals surface area contributed by atoms with Gasteiger partial charge in [-0.1, -0.05) is 11.6 Å². The molecule has 1 amide bonds. The smallest absolute Gasteiger partial charge is 0.230 e. The van der Waals surface area contributed by atoms with Gasteiger partial charge in [-0.05, 0) is 44.2 Å². The highest BCUT2D eigenvalue weighted by molar-refractivity contribution is 6.30. The van der Waals surface area contributed by atoms with E-state index in [4.69, 9.17) is 11.6 Å². The highest BCUT2D eigenvalue weighted by atomic mass is 35.5. The molecule has 0 aliphatic carbocycles. The number of anilines is 3. The third-order valence-electron chi connectivity index (χ3n) is 5.87. The van der Waals surface area contributed by atoms with Gasteiger partial charge in [-0.2, -0.15) is 0 Å². The fourth-order valence-corrected chi connectivity index (χ4v) is 4.35. The zero-order valence-electron chi connectivity index (χ0n) is 16.9. The maximum absolute atomic E-state index is 12.7. The monoisotopic (exact) mass is 430 g/mol. The van der Waals surface area contributed by atoms with Crippen LogP contribution in [0.25, 0.3) is 0 Å². The number of hydrogen-bond donors (Lipinski definition) is 2. The number of amides is 1. The largest absolute Gasteiger partial charge is 0.394 e. The fourth-order valence-electron chi connectivity index (χ4n) is 4.24. The van der Waals surface area contributed by atoms with Crippen molar-refractivity contribution < 1.29 is 9.90 Å². The van der Waals surface area contributed by atoms with Crippen LogP contribution in [0.3, 0.4) is 0 Å². The van der Waals surface area contributed by atoms with Crippen LogP contribution in [0.2, 0.25) is 5.02 Å². The summed E-state index contributed by atoms with van der Waals surface area (Å²) in [7, 11) is 0. The van der Waals surface area contributed by atoms with Crippen molar-refractivity contribution in [3.8, 4) is 0 Å². The third kappa shape index (κ3) is 4.82. The van der Waals surface area contributed by atoms with E-state index in [1.54, 1.807) is 18.5 Å². The minimum Gasteiger partial charge on any atom is -0.394 e. The molecule has 2 fully saturated rings. The Hall–Kier alpha value is -2.45. The molecule has 2 N–H and O–H groups in total. The first kappa shape index (κ1) is 20.8. The van der Waals surface area contributed by atoms with E-state index < -0.39 is 0 Å². The number of aromatic nitrogens is 3. The number of aliphatic hydroxyl groups is 1. The van der Waals surface area contributed by atoms with Gasteiger partial charge in [0.1, 0.15) is 23.8 Å². The van der Waals surface area contributed by atoms with Crippen LogP contribution >= 0.6 is 11.6 Å². The maximum Gasteiger partial charge on any atom is 0.230 e. The zero-order valence-corrected chi connectivity index (χ0v) is 17.6. The van der Waals surface area contributed by atoms with E-state index in [9.17, 15) is 9.90 Å². The zero-order chi connectivity index (χ0) is 20.9. The van der Waals surface area contributed by atoms with Gasteiger partial charge in [0, 0.05) is 31.9 Å². The van der Waals surface area contributed by atoms with Crippen molar-refractivity contribution in [3.63, 3.8) is 0 Å². The molecular weight excluding hydrogens is 404 g/mol. The normalized spacial score (nSPS) is 22.1. The molecule has 2 unspecified atom stereocenters. The molecule has 2 aliphatic heterocycles. The number of hydrogen-bond acceptors (Lipinski definition) is 7. The number of halogens is 1. The molecule has 2 aromatic rings. The highest BCUT2D eigenvalue weighted by Crippen LogP contribution is 2.28. The number of pyridine rings is 1. The van der Waals surface area contributed by atoms with Gasteiger partial charge in [0.25, 0.3) is 0 Å². The highest BCUT2D eigenvalue weighted by Gasteiger charge is 2.28. The number of rotatable bonds is 5. The van der Waals surface area contributed by atoms with E-state index >= 15 is 0 Å². The number of nitrogens with zero attached hydrogens (tertiary/aromatic N) is 5. The topological polar surface area (TPSA) is 94.5 Å². The third-order valence-corrected chi connectivity index (χ3v) is 6.09. The molecule has 0 spiro atoms. The Morgan fingerprint density at radius 3 is 2.80 bits per heavy atom. The van der Waals surface area contributed by atoms with Crippen molar-refractivity contribution in [3.05, 3.63) is 35.7 Å². The second kappa shape index (κ2) is 9.57. The molecular formula is C21H27ClN6O2. The lowest BCUT2D eigenvalue weighted by molar-refractivity contribution is -0.120. The average Bonchev–Trinajstić information content (AvgIpc) is 2.80. The molecule has 8 nitrogen and oxygen atoms in total. The SMILES string of the molecule is O=C(Nc1ccc(Cl)cn1)C1CCCN(c2cc(N3CCCCC3CO)ncn2)C1. The van der Waals surface area contributed by atoms with Crippen molar-refractivity contribution >= 4 is 35.0 Å². The first-order chi connectivity index (χ1) is 14.6. The van der Waals surface area contributed by atoms with Crippen LogP contribution in [0, 0.1) is 5.92 Å². The Labute approximate surface area is 181 Å². The van der Waals surface area contributed by atoms with Crippen molar-refractivity contribution in [2.24, 2.45) is 5.92 Å².